The van der Waals surface area contributed by atoms with Gasteiger partial charge in [-0.15, -0.1) is 0 Å². The number of fused-ring (bicyclic) bond motifs is 1. The van der Waals surface area contributed by atoms with Crippen molar-refractivity contribution in [1.29, 1.82) is 0 Å². The number of hydrogen-bond acceptors (Lipinski definition) is 14. The van der Waals surface area contributed by atoms with Crippen LogP contribution in [0.5, 0.6) is 46.0 Å². The van der Waals surface area contributed by atoms with E-state index in [0.717, 1.165) is 54.6 Å². The highest BCUT2D eigenvalue weighted by Crippen LogP contribution is 2.48. The summed E-state index contributed by atoms with van der Waals surface area (Å²) >= 11 is 0. The number of carboxylic acids is 2. The molecule has 0 fully saturated rings. The number of carbonyl (C=O) groups excluding carboxylic acids is 2. The van der Waals surface area contributed by atoms with Gasteiger partial charge in [-0.05, 0) is 82.4 Å². The summed E-state index contributed by atoms with van der Waals surface area (Å²) in [5.41, 5.74) is -0.309. The second-order valence-corrected chi connectivity index (χ2v) is 11.8. The van der Waals surface area contributed by atoms with Gasteiger partial charge in [0.2, 0.25) is 12.2 Å². The average molecular weight is 719 g/mol. The van der Waals surface area contributed by atoms with Crippen LogP contribution in [0.1, 0.15) is 33.7 Å². The molecule has 0 radical (unpaired) electrons. The molecule has 10 N–H and O–H groups in total. The van der Waals surface area contributed by atoms with Gasteiger partial charge in [0.1, 0.15) is 0 Å². The molecule has 4 aromatic carbocycles. The first-order valence-corrected chi connectivity index (χ1v) is 15.2. The summed E-state index contributed by atoms with van der Waals surface area (Å²) in [5.74, 6) is -14.2. The van der Waals surface area contributed by atoms with Gasteiger partial charge < -0.3 is 60.5 Å². The number of esters is 2. The molecule has 4 aromatic rings. The van der Waals surface area contributed by atoms with Gasteiger partial charge in [-0.3, -0.25) is 4.79 Å². The summed E-state index contributed by atoms with van der Waals surface area (Å²) in [6.45, 7) is 0. The van der Waals surface area contributed by atoms with Crippen molar-refractivity contribution in [3.63, 3.8) is 0 Å². The van der Waals surface area contributed by atoms with Crippen molar-refractivity contribution < 1.29 is 79.7 Å². The van der Waals surface area contributed by atoms with Gasteiger partial charge in [0.05, 0.1) is 11.5 Å². The van der Waals surface area contributed by atoms with Gasteiger partial charge in [-0.25, -0.2) is 14.4 Å². The fourth-order valence-corrected chi connectivity index (χ4v) is 5.76. The van der Waals surface area contributed by atoms with Crippen LogP contribution in [0.2, 0.25) is 0 Å². The van der Waals surface area contributed by atoms with Crippen LogP contribution in [0.15, 0.2) is 72.3 Å². The Morgan fingerprint density at radius 1 is 0.558 bits per heavy atom. The summed E-state index contributed by atoms with van der Waals surface area (Å²) < 4.78 is 10.8. The van der Waals surface area contributed by atoms with Gasteiger partial charge in [-0.1, -0.05) is 18.2 Å². The Bertz CT molecular complexity index is 2120. The maximum Gasteiger partial charge on any atom is 0.345 e. The minimum Gasteiger partial charge on any atom is -0.504 e. The lowest BCUT2D eigenvalue weighted by Gasteiger charge is -2.33. The van der Waals surface area contributed by atoms with Crippen molar-refractivity contribution in [1.82, 2.24) is 0 Å². The number of rotatable bonds is 11. The third kappa shape index (κ3) is 7.55. The van der Waals surface area contributed by atoms with Crippen LogP contribution in [-0.2, 0) is 41.5 Å². The van der Waals surface area contributed by atoms with E-state index >= 15 is 0 Å². The van der Waals surface area contributed by atoms with Crippen molar-refractivity contribution >= 4 is 30.0 Å². The zero-order valence-electron chi connectivity index (χ0n) is 26.6. The molecule has 0 heterocycles. The Morgan fingerprint density at radius 2 is 1.02 bits per heavy atom. The lowest BCUT2D eigenvalue weighted by molar-refractivity contribution is -0.168. The van der Waals surface area contributed by atoms with Crippen molar-refractivity contribution in [3.8, 4) is 46.0 Å². The largest absolute Gasteiger partial charge is 0.504 e. The van der Waals surface area contributed by atoms with Crippen LogP contribution in [0.4, 0.5) is 0 Å². The van der Waals surface area contributed by atoms with Gasteiger partial charge in [0.25, 0.3) is 0 Å². The third-order valence-corrected chi connectivity index (χ3v) is 8.32. The average Bonchev–Trinajstić information content (AvgIpc) is 3.08. The van der Waals surface area contributed by atoms with Gasteiger partial charge >= 0.3 is 23.9 Å². The zero-order valence-corrected chi connectivity index (χ0v) is 26.6. The molecule has 0 aromatic heterocycles. The van der Waals surface area contributed by atoms with E-state index < -0.39 is 112 Å². The predicted molar refractivity (Wildman–Crippen MR) is 175 cm³/mol. The molecule has 0 saturated heterocycles. The summed E-state index contributed by atoms with van der Waals surface area (Å²) in [4.78, 5) is 52.7. The number of phenols is 8. The number of carbonyl (C=O) groups is 4. The van der Waals surface area contributed by atoms with E-state index in [0.29, 0.717) is 0 Å². The molecule has 1 aliphatic rings. The van der Waals surface area contributed by atoms with E-state index in [1.807, 2.05) is 0 Å². The van der Waals surface area contributed by atoms with E-state index in [2.05, 4.69) is 0 Å². The lowest BCUT2D eigenvalue weighted by atomic mass is 9.71. The van der Waals surface area contributed by atoms with Crippen LogP contribution in [0.3, 0.4) is 0 Å². The monoisotopic (exact) mass is 718 g/mol. The topological polar surface area (TPSA) is 289 Å². The molecule has 0 amide bonds. The Morgan fingerprint density at radius 3 is 1.52 bits per heavy atom. The molecule has 0 aliphatic heterocycles. The number of phenolic OH excluding ortho intramolecular Hbond substituents is 8. The molecule has 16 heteroatoms. The maximum atomic E-state index is 14.2. The van der Waals surface area contributed by atoms with E-state index in [1.165, 1.54) is 18.2 Å². The number of hydrogen-bond donors (Lipinski definition) is 10. The minimum absolute atomic E-state index is 0.00618. The number of benzene rings is 4. The van der Waals surface area contributed by atoms with Gasteiger partial charge in [-0.2, -0.15) is 0 Å². The fraction of sp³-hybridized carbons (Fsp3) is 0.167. The first-order chi connectivity index (χ1) is 24.5. The highest BCUT2D eigenvalue weighted by atomic mass is 16.6. The number of aliphatic carboxylic acids is 2. The number of ether oxygens (including phenoxy) is 2. The lowest BCUT2D eigenvalue weighted by Crippen LogP contribution is -2.39. The smallest absolute Gasteiger partial charge is 0.345 e. The Kier molecular flexibility index (Phi) is 10.0. The second-order valence-electron chi connectivity index (χ2n) is 11.8. The fourth-order valence-electron chi connectivity index (χ4n) is 5.76. The molecule has 0 saturated carbocycles. The Balaban J connectivity index is 1.61. The molecule has 0 spiro atoms. The SMILES string of the molecule is O=C(OC(Cc1ccc(O)c(O)c1)C(=O)O)C1=Cc2cc(O)c(O)cc2[C@H](c2ccc(O)c(O)c2)[C@H]1C(=O)O[C@@H](Cc1ccc(O)c(O)c1)C(=O)O. The summed E-state index contributed by atoms with van der Waals surface area (Å²) in [6, 6.07) is 12.1. The first kappa shape index (κ1) is 36.2. The van der Waals surface area contributed by atoms with Crippen molar-refractivity contribution in [2.45, 2.75) is 31.0 Å². The molecule has 5 rings (SSSR count). The van der Waals surface area contributed by atoms with Crippen molar-refractivity contribution in [3.05, 3.63) is 100 Å². The van der Waals surface area contributed by atoms with Gasteiger partial charge in [0, 0.05) is 18.8 Å². The third-order valence-electron chi connectivity index (χ3n) is 8.32. The standard InChI is InChI=1S/C36H30O16/c37-21-4-1-15(7-24(21)40)9-29(33(45)46)51-35(49)20-11-18-13-27(43)28(44)14-19(18)31(17-3-6-23(39)26(42)12-17)32(20)36(50)52-30(34(47)48)10-16-2-5-22(38)25(41)8-16/h1-8,11-14,29-32,37-44H,9-10H2,(H,45,46)(H,47,48)/t29?,30-,31-,32-/m0/s1. The van der Waals surface area contributed by atoms with Crippen LogP contribution < -0.4 is 0 Å². The predicted octanol–water partition coefficient (Wildman–Crippen LogP) is 2.95. The summed E-state index contributed by atoms with van der Waals surface area (Å²) in [6.07, 6.45) is -3.95. The first-order valence-electron chi connectivity index (χ1n) is 15.2. The highest BCUT2D eigenvalue weighted by Gasteiger charge is 2.45. The molecule has 1 unspecified atom stereocenters. The van der Waals surface area contributed by atoms with Crippen LogP contribution in [0.25, 0.3) is 6.08 Å². The Hall–Kier alpha value is -7.10. The van der Waals surface area contributed by atoms with E-state index in [9.17, 15) is 70.2 Å². The van der Waals surface area contributed by atoms with Crippen molar-refractivity contribution in [2.24, 2.45) is 5.92 Å². The Labute approximate surface area is 292 Å². The molecular weight excluding hydrogens is 688 g/mol. The van der Waals surface area contributed by atoms with Crippen LogP contribution >= 0.6 is 0 Å². The van der Waals surface area contributed by atoms with Crippen molar-refractivity contribution in [2.75, 3.05) is 0 Å². The van der Waals surface area contributed by atoms with Crippen LogP contribution in [0, 0.1) is 5.92 Å². The second kappa shape index (κ2) is 14.4. The molecule has 52 heavy (non-hydrogen) atoms. The quantitative estimate of drug-likeness (QED) is 0.0788. The molecule has 0 bridgehead atoms. The number of aromatic hydroxyl groups is 8. The minimum atomic E-state index is -1.97. The van der Waals surface area contributed by atoms with E-state index in [-0.39, 0.29) is 27.8 Å². The molecule has 4 atom stereocenters. The number of carboxylic acid groups (broad SMARTS) is 2. The van der Waals surface area contributed by atoms with Crippen LogP contribution in [-0.4, -0.2) is 87.2 Å². The van der Waals surface area contributed by atoms with E-state index in [4.69, 9.17) is 9.47 Å². The van der Waals surface area contributed by atoms with Gasteiger partial charge in [0.15, 0.2) is 46.0 Å². The maximum absolute atomic E-state index is 14.2. The zero-order chi connectivity index (χ0) is 38.0. The summed E-state index contributed by atoms with van der Waals surface area (Å²) in [7, 11) is 0. The molecule has 16 nitrogen and oxygen atoms in total. The normalized spacial score (nSPS) is 16.1. The molecule has 270 valence electrons. The molecular formula is C36H30O16. The molecule has 1 aliphatic carbocycles. The highest BCUT2D eigenvalue weighted by molar-refractivity contribution is 6.03. The van der Waals surface area contributed by atoms with E-state index in [1.54, 1.807) is 0 Å². The summed E-state index contributed by atoms with van der Waals surface area (Å²) in [5, 5.41) is 100.